The Balaban J connectivity index is 2.32. The fourth-order valence-electron chi connectivity index (χ4n) is 2.68. The van der Waals surface area contributed by atoms with Crippen molar-refractivity contribution in [1.29, 1.82) is 0 Å². The Morgan fingerprint density at radius 1 is 1.24 bits per heavy atom. The van der Waals surface area contributed by atoms with Crippen molar-refractivity contribution in [3.8, 4) is 0 Å². The Labute approximate surface area is 126 Å². The lowest BCUT2D eigenvalue weighted by atomic mass is 9.94. The van der Waals surface area contributed by atoms with E-state index in [4.69, 9.17) is 11.6 Å². The van der Waals surface area contributed by atoms with Gasteiger partial charge in [0.15, 0.2) is 5.69 Å². The van der Waals surface area contributed by atoms with E-state index in [1.54, 1.807) is 4.90 Å². The Morgan fingerprint density at radius 2 is 1.90 bits per heavy atom. The molecule has 0 saturated heterocycles. The molecule has 1 saturated carbocycles. The van der Waals surface area contributed by atoms with Crippen molar-refractivity contribution < 1.29 is 18.3 Å². The van der Waals surface area contributed by atoms with Gasteiger partial charge in [-0.1, -0.05) is 19.3 Å². The number of aromatic nitrogens is 2. The molecule has 8 heteroatoms. The van der Waals surface area contributed by atoms with Crippen LogP contribution in [0.2, 0.25) is 5.28 Å². The van der Waals surface area contributed by atoms with E-state index < -0.39 is 17.2 Å². The highest BCUT2D eigenvalue weighted by Gasteiger charge is 2.34. The van der Waals surface area contributed by atoms with E-state index in [0.29, 0.717) is 0 Å². The monoisotopic (exact) mass is 323 g/mol. The zero-order valence-corrected chi connectivity index (χ0v) is 12.2. The van der Waals surface area contributed by atoms with Crippen LogP contribution in [0, 0.1) is 0 Å². The van der Waals surface area contributed by atoms with Gasteiger partial charge >= 0.3 is 6.18 Å². The molecule has 1 aromatic heterocycles. The van der Waals surface area contributed by atoms with Gasteiger partial charge in [-0.15, -0.1) is 0 Å². The average molecular weight is 324 g/mol. The smallest absolute Gasteiger partial charge is 0.395 e. The quantitative estimate of drug-likeness (QED) is 0.864. The van der Waals surface area contributed by atoms with Gasteiger partial charge < -0.3 is 10.0 Å². The molecule has 118 valence electrons. The van der Waals surface area contributed by atoms with E-state index in [1.165, 1.54) is 0 Å². The molecule has 2 rings (SSSR count). The summed E-state index contributed by atoms with van der Waals surface area (Å²) in [7, 11) is 0. The van der Waals surface area contributed by atoms with E-state index in [2.05, 4.69) is 9.97 Å². The zero-order chi connectivity index (χ0) is 15.5. The van der Waals surface area contributed by atoms with Crippen LogP contribution >= 0.6 is 11.6 Å². The fraction of sp³-hybridized carbons (Fsp3) is 0.692. The predicted octanol–water partition coefficient (Wildman–Crippen LogP) is 3.28. The lowest BCUT2D eigenvalue weighted by Crippen LogP contribution is -2.39. The number of anilines is 1. The van der Waals surface area contributed by atoms with Crippen LogP contribution in [-0.2, 0) is 6.18 Å². The number of nitrogens with zero attached hydrogens (tertiary/aromatic N) is 3. The van der Waals surface area contributed by atoms with Crippen LogP contribution < -0.4 is 4.90 Å². The van der Waals surface area contributed by atoms with Gasteiger partial charge in [0.05, 0.1) is 6.61 Å². The van der Waals surface area contributed by atoms with Crippen molar-refractivity contribution >= 4 is 17.4 Å². The molecule has 1 aliphatic rings. The maximum Gasteiger partial charge on any atom is 0.433 e. The Kier molecular flexibility index (Phi) is 5.27. The predicted molar refractivity (Wildman–Crippen MR) is 73.3 cm³/mol. The second-order valence-electron chi connectivity index (χ2n) is 5.09. The van der Waals surface area contributed by atoms with Crippen molar-refractivity contribution in [1.82, 2.24) is 9.97 Å². The molecule has 21 heavy (non-hydrogen) atoms. The number of aliphatic hydroxyl groups excluding tert-OH is 1. The molecule has 0 unspecified atom stereocenters. The van der Waals surface area contributed by atoms with E-state index in [9.17, 15) is 18.3 Å². The summed E-state index contributed by atoms with van der Waals surface area (Å²) in [4.78, 5) is 8.85. The summed E-state index contributed by atoms with van der Waals surface area (Å²) in [6, 6.07) is 0.980. The summed E-state index contributed by atoms with van der Waals surface area (Å²) in [5.74, 6) is 0.128. The normalized spacial score (nSPS) is 17.0. The van der Waals surface area contributed by atoms with Gasteiger partial charge in [0.1, 0.15) is 5.82 Å². The third-order valence-electron chi connectivity index (χ3n) is 3.63. The minimum Gasteiger partial charge on any atom is -0.395 e. The molecule has 0 amide bonds. The van der Waals surface area contributed by atoms with Crippen LogP contribution in [0.3, 0.4) is 0 Å². The first kappa shape index (κ1) is 16.3. The topological polar surface area (TPSA) is 49.2 Å². The maximum absolute atomic E-state index is 12.8. The first-order valence-electron chi connectivity index (χ1n) is 6.91. The van der Waals surface area contributed by atoms with Crippen LogP contribution in [0.4, 0.5) is 19.0 Å². The largest absolute Gasteiger partial charge is 0.433 e. The number of aliphatic hydroxyl groups is 1. The maximum atomic E-state index is 12.8. The summed E-state index contributed by atoms with van der Waals surface area (Å²) < 4.78 is 38.5. The molecule has 0 bridgehead atoms. The van der Waals surface area contributed by atoms with Gasteiger partial charge in [0.25, 0.3) is 0 Å². The van der Waals surface area contributed by atoms with Crippen LogP contribution in [0.25, 0.3) is 0 Å². The number of halogens is 4. The highest BCUT2D eigenvalue weighted by atomic mass is 35.5. The van der Waals surface area contributed by atoms with Crippen LogP contribution in [0.15, 0.2) is 6.07 Å². The summed E-state index contributed by atoms with van der Waals surface area (Å²) in [5, 5.41) is 8.75. The molecular formula is C13H17ClF3N3O. The summed E-state index contributed by atoms with van der Waals surface area (Å²) >= 11 is 5.63. The summed E-state index contributed by atoms with van der Waals surface area (Å²) in [5.41, 5.74) is -1.06. The first-order chi connectivity index (χ1) is 9.91. The van der Waals surface area contributed by atoms with E-state index in [-0.39, 0.29) is 25.0 Å². The van der Waals surface area contributed by atoms with Crippen molar-refractivity contribution in [2.24, 2.45) is 0 Å². The molecule has 1 aromatic rings. The number of hydrogen-bond acceptors (Lipinski definition) is 4. The molecule has 0 aromatic carbocycles. The highest BCUT2D eigenvalue weighted by molar-refractivity contribution is 6.28. The molecular weight excluding hydrogens is 307 g/mol. The van der Waals surface area contributed by atoms with Gasteiger partial charge in [-0.25, -0.2) is 9.97 Å². The zero-order valence-electron chi connectivity index (χ0n) is 11.4. The molecule has 0 atom stereocenters. The van der Waals surface area contributed by atoms with Gasteiger partial charge in [0, 0.05) is 18.7 Å². The number of rotatable bonds is 4. The SMILES string of the molecule is OCCN(c1cc(C(F)(F)F)nc(Cl)n1)C1CCCCC1. The molecule has 0 spiro atoms. The molecule has 1 N–H and O–H groups in total. The van der Waals surface area contributed by atoms with Crippen molar-refractivity contribution in [3.05, 3.63) is 17.0 Å². The summed E-state index contributed by atoms with van der Waals surface area (Å²) in [6.45, 7) is 0.0782. The lowest BCUT2D eigenvalue weighted by Gasteiger charge is -2.35. The standard InChI is InChI=1S/C13H17ClF3N3O/c14-12-18-10(13(15,16)17)8-11(19-12)20(6-7-21)9-4-2-1-3-5-9/h8-9,21H,1-7H2. The molecule has 1 fully saturated rings. The Hall–Kier alpha value is -1.08. The molecule has 1 aliphatic carbocycles. The van der Waals surface area contributed by atoms with Crippen molar-refractivity contribution in [2.75, 3.05) is 18.1 Å². The van der Waals surface area contributed by atoms with E-state index in [1.807, 2.05) is 0 Å². The van der Waals surface area contributed by atoms with E-state index >= 15 is 0 Å². The minimum absolute atomic E-state index is 0.0814. The molecule has 0 radical (unpaired) electrons. The van der Waals surface area contributed by atoms with Crippen molar-refractivity contribution in [2.45, 2.75) is 44.3 Å². The van der Waals surface area contributed by atoms with Crippen LogP contribution in [0.5, 0.6) is 0 Å². The van der Waals surface area contributed by atoms with Crippen molar-refractivity contribution in [3.63, 3.8) is 0 Å². The third-order valence-corrected chi connectivity index (χ3v) is 3.80. The Morgan fingerprint density at radius 3 is 2.48 bits per heavy atom. The minimum atomic E-state index is -4.57. The van der Waals surface area contributed by atoms with Crippen LogP contribution in [0.1, 0.15) is 37.8 Å². The van der Waals surface area contributed by atoms with Gasteiger partial charge in [-0.3, -0.25) is 0 Å². The Bertz CT molecular complexity index is 478. The van der Waals surface area contributed by atoms with Gasteiger partial charge in [-0.2, -0.15) is 13.2 Å². The third kappa shape index (κ3) is 4.20. The van der Waals surface area contributed by atoms with Crippen LogP contribution in [-0.4, -0.2) is 34.3 Å². The average Bonchev–Trinajstić information content (AvgIpc) is 2.44. The second-order valence-corrected chi connectivity index (χ2v) is 5.43. The lowest BCUT2D eigenvalue weighted by molar-refractivity contribution is -0.141. The fourth-order valence-corrected chi connectivity index (χ4v) is 2.86. The van der Waals surface area contributed by atoms with E-state index in [0.717, 1.165) is 38.2 Å². The number of alkyl halides is 3. The summed E-state index contributed by atoms with van der Waals surface area (Å²) in [6.07, 6.45) is 0.363. The van der Waals surface area contributed by atoms with Gasteiger partial charge in [-0.05, 0) is 24.4 Å². The highest BCUT2D eigenvalue weighted by Crippen LogP contribution is 2.32. The second kappa shape index (κ2) is 6.79. The van der Waals surface area contributed by atoms with Gasteiger partial charge in [0.2, 0.25) is 5.28 Å². The molecule has 4 nitrogen and oxygen atoms in total. The number of hydrogen-bond donors (Lipinski definition) is 1. The molecule has 1 heterocycles. The first-order valence-corrected chi connectivity index (χ1v) is 7.29. The molecule has 0 aliphatic heterocycles.